The predicted octanol–water partition coefficient (Wildman–Crippen LogP) is 0.0718. The van der Waals surface area contributed by atoms with E-state index in [0.717, 1.165) is 5.69 Å². The summed E-state index contributed by atoms with van der Waals surface area (Å²) in [5, 5.41) is 9.98. The van der Waals surface area contributed by atoms with Gasteiger partial charge in [-0.15, -0.1) is 5.10 Å². The van der Waals surface area contributed by atoms with Gasteiger partial charge in [0.2, 0.25) is 0 Å². The maximum absolute atomic E-state index is 10.7. The number of nitrogens with zero attached hydrogens (tertiary/aromatic N) is 3. The van der Waals surface area contributed by atoms with Gasteiger partial charge in [-0.1, -0.05) is 0 Å². The van der Waals surface area contributed by atoms with Crippen LogP contribution in [0.4, 0.5) is 0 Å². The molecule has 0 fully saturated rings. The number of aromatic amines is 1. The molecule has 0 saturated heterocycles. The van der Waals surface area contributed by atoms with E-state index >= 15 is 0 Å². The smallest absolute Gasteiger partial charge is 0.386 e. The minimum absolute atomic E-state index is 0.258. The first-order chi connectivity index (χ1) is 6.16. The molecule has 6 heteroatoms. The number of aryl methyl sites for hydroxylation is 2. The van der Waals surface area contributed by atoms with Gasteiger partial charge in [0.05, 0.1) is 5.69 Å². The molecule has 2 aromatic heterocycles. The van der Waals surface area contributed by atoms with Crippen molar-refractivity contribution in [1.82, 2.24) is 20.0 Å². The molecule has 0 spiro atoms. The maximum atomic E-state index is 10.7. The molecule has 1 N–H and O–H groups in total. The summed E-state index contributed by atoms with van der Waals surface area (Å²) >= 11 is 0. The van der Waals surface area contributed by atoms with Gasteiger partial charge in [-0.3, -0.25) is 4.68 Å². The second-order valence-corrected chi connectivity index (χ2v) is 2.71. The zero-order valence-corrected chi connectivity index (χ0v) is 7.24. The Bertz CT molecular complexity index is 479. The molecule has 0 bridgehead atoms. The van der Waals surface area contributed by atoms with Gasteiger partial charge in [-0.05, 0) is 13.0 Å². The number of H-pyrrole nitrogens is 1. The number of hydrogen-bond donors (Lipinski definition) is 1. The summed E-state index contributed by atoms with van der Waals surface area (Å²) in [6, 6.07) is 1.79. The molecule has 0 aliphatic heterocycles. The summed E-state index contributed by atoms with van der Waals surface area (Å²) in [5.74, 6) is -0.304. The molecule has 0 aliphatic rings. The van der Waals surface area contributed by atoms with Crippen molar-refractivity contribution < 1.29 is 4.42 Å². The highest BCUT2D eigenvalue weighted by molar-refractivity contribution is 5.46. The Hall–Kier alpha value is -1.85. The average Bonchev–Trinajstić information content (AvgIpc) is 2.58. The first kappa shape index (κ1) is 7.78. The van der Waals surface area contributed by atoms with Crippen LogP contribution in [0.5, 0.6) is 0 Å². The van der Waals surface area contributed by atoms with E-state index in [4.69, 9.17) is 4.42 Å². The van der Waals surface area contributed by atoms with E-state index in [0.29, 0.717) is 5.69 Å². The van der Waals surface area contributed by atoms with E-state index < -0.39 is 5.76 Å². The highest BCUT2D eigenvalue weighted by Gasteiger charge is 2.10. The topological polar surface area (TPSA) is 76.7 Å². The monoisotopic (exact) mass is 180 g/mol. The first-order valence-electron chi connectivity index (χ1n) is 3.73. The summed E-state index contributed by atoms with van der Waals surface area (Å²) in [6.07, 6.45) is 0. The van der Waals surface area contributed by atoms with Gasteiger partial charge in [0, 0.05) is 7.05 Å². The molecule has 2 rings (SSSR count). The lowest BCUT2D eigenvalue weighted by Crippen LogP contribution is -1.94. The van der Waals surface area contributed by atoms with E-state index in [1.165, 1.54) is 0 Å². The summed E-state index contributed by atoms with van der Waals surface area (Å²) in [5.41, 5.74) is 1.53. The fourth-order valence-corrected chi connectivity index (χ4v) is 1.15. The molecule has 13 heavy (non-hydrogen) atoms. The molecule has 2 heterocycles. The lowest BCUT2D eigenvalue weighted by atomic mass is 10.4. The zero-order valence-electron chi connectivity index (χ0n) is 7.24. The van der Waals surface area contributed by atoms with Crippen LogP contribution in [0.1, 0.15) is 5.69 Å². The van der Waals surface area contributed by atoms with Crippen LogP contribution < -0.4 is 5.76 Å². The summed E-state index contributed by atoms with van der Waals surface area (Å²) in [7, 11) is 1.76. The molecule has 0 aromatic carbocycles. The molecule has 0 atom stereocenters. The Morgan fingerprint density at radius 1 is 1.62 bits per heavy atom. The Labute approximate surface area is 73.2 Å². The standard InChI is InChI=1S/C7H8N4O2/c1-4-3-5(11(2)10-4)6-8-9-7(12)13-6/h3H,1-2H3,(H,9,12). The fourth-order valence-electron chi connectivity index (χ4n) is 1.15. The van der Waals surface area contributed by atoms with E-state index in [9.17, 15) is 4.79 Å². The highest BCUT2D eigenvalue weighted by Crippen LogP contribution is 2.14. The van der Waals surface area contributed by atoms with Crippen LogP contribution in [-0.4, -0.2) is 20.0 Å². The molecule has 0 amide bonds. The number of rotatable bonds is 1. The minimum Gasteiger partial charge on any atom is -0.386 e. The Balaban J connectivity index is 2.57. The van der Waals surface area contributed by atoms with Gasteiger partial charge in [0.15, 0.2) is 0 Å². The third-order valence-corrected chi connectivity index (χ3v) is 1.66. The molecular formula is C7H8N4O2. The van der Waals surface area contributed by atoms with E-state index in [2.05, 4.69) is 15.3 Å². The first-order valence-corrected chi connectivity index (χ1v) is 3.73. The lowest BCUT2D eigenvalue weighted by molar-refractivity contribution is 0.521. The van der Waals surface area contributed by atoms with Gasteiger partial charge in [-0.2, -0.15) is 5.10 Å². The molecule has 0 unspecified atom stereocenters. The molecule has 68 valence electrons. The van der Waals surface area contributed by atoms with Crippen molar-refractivity contribution in [1.29, 1.82) is 0 Å². The third kappa shape index (κ3) is 1.26. The lowest BCUT2D eigenvalue weighted by Gasteiger charge is -1.92. The van der Waals surface area contributed by atoms with Crippen molar-refractivity contribution in [3.8, 4) is 11.6 Å². The number of aromatic nitrogens is 4. The van der Waals surface area contributed by atoms with Gasteiger partial charge < -0.3 is 4.42 Å². The van der Waals surface area contributed by atoms with E-state index in [-0.39, 0.29) is 5.89 Å². The van der Waals surface area contributed by atoms with Crippen LogP contribution in [-0.2, 0) is 7.05 Å². The minimum atomic E-state index is -0.561. The van der Waals surface area contributed by atoms with Crippen molar-refractivity contribution in [3.05, 3.63) is 22.3 Å². The van der Waals surface area contributed by atoms with Gasteiger partial charge in [0.25, 0.3) is 5.89 Å². The average molecular weight is 180 g/mol. The van der Waals surface area contributed by atoms with Gasteiger partial charge >= 0.3 is 5.76 Å². The summed E-state index contributed by atoms with van der Waals surface area (Å²) in [6.45, 7) is 1.86. The second kappa shape index (κ2) is 2.58. The van der Waals surface area contributed by atoms with Crippen LogP contribution in [0.15, 0.2) is 15.3 Å². The second-order valence-electron chi connectivity index (χ2n) is 2.71. The van der Waals surface area contributed by atoms with Crippen LogP contribution in [0.2, 0.25) is 0 Å². The van der Waals surface area contributed by atoms with Crippen LogP contribution >= 0.6 is 0 Å². The zero-order chi connectivity index (χ0) is 9.42. The fraction of sp³-hybridized carbons (Fsp3) is 0.286. The SMILES string of the molecule is Cc1cc(-c2n[nH]c(=O)o2)n(C)n1. The van der Waals surface area contributed by atoms with Crippen molar-refractivity contribution in [2.75, 3.05) is 0 Å². The van der Waals surface area contributed by atoms with Crippen LogP contribution in [0.25, 0.3) is 11.6 Å². The van der Waals surface area contributed by atoms with E-state index in [1.807, 2.05) is 6.92 Å². The Morgan fingerprint density at radius 2 is 2.38 bits per heavy atom. The molecular weight excluding hydrogens is 172 g/mol. The van der Waals surface area contributed by atoms with Crippen molar-refractivity contribution in [2.24, 2.45) is 7.05 Å². The molecule has 2 aromatic rings. The van der Waals surface area contributed by atoms with Crippen molar-refractivity contribution in [2.45, 2.75) is 6.92 Å². The van der Waals surface area contributed by atoms with Crippen molar-refractivity contribution in [3.63, 3.8) is 0 Å². The largest absolute Gasteiger partial charge is 0.434 e. The number of hydrogen-bond acceptors (Lipinski definition) is 4. The molecule has 0 saturated carbocycles. The summed E-state index contributed by atoms with van der Waals surface area (Å²) in [4.78, 5) is 10.7. The predicted molar refractivity (Wildman–Crippen MR) is 44.1 cm³/mol. The summed E-state index contributed by atoms with van der Waals surface area (Å²) < 4.78 is 6.39. The number of nitrogens with one attached hydrogen (secondary N) is 1. The van der Waals surface area contributed by atoms with E-state index in [1.54, 1.807) is 17.8 Å². The van der Waals surface area contributed by atoms with Crippen LogP contribution in [0.3, 0.4) is 0 Å². The van der Waals surface area contributed by atoms with Gasteiger partial charge in [0.1, 0.15) is 5.69 Å². The molecule has 6 nitrogen and oxygen atoms in total. The quantitative estimate of drug-likeness (QED) is 0.673. The van der Waals surface area contributed by atoms with Gasteiger partial charge in [-0.25, -0.2) is 9.89 Å². The third-order valence-electron chi connectivity index (χ3n) is 1.66. The van der Waals surface area contributed by atoms with Crippen LogP contribution in [0, 0.1) is 6.92 Å². The maximum Gasteiger partial charge on any atom is 0.434 e. The molecule has 0 aliphatic carbocycles. The normalized spacial score (nSPS) is 10.6. The molecule has 0 radical (unpaired) electrons. The Kier molecular flexibility index (Phi) is 1.54. The highest BCUT2D eigenvalue weighted by atomic mass is 16.4. The van der Waals surface area contributed by atoms with Crippen molar-refractivity contribution >= 4 is 0 Å². The Morgan fingerprint density at radius 3 is 2.85 bits per heavy atom.